The Bertz CT molecular complexity index is 207. The van der Waals surface area contributed by atoms with Gasteiger partial charge in [0.1, 0.15) is 0 Å². The van der Waals surface area contributed by atoms with Crippen molar-refractivity contribution >= 4 is 11.9 Å². The molecule has 5 N–H and O–H groups in total. The van der Waals surface area contributed by atoms with Crippen LogP contribution in [0.5, 0.6) is 0 Å². The van der Waals surface area contributed by atoms with Crippen LogP contribution in [0.3, 0.4) is 0 Å². The lowest BCUT2D eigenvalue weighted by Crippen LogP contribution is -2.45. The maximum absolute atomic E-state index is 7.48. The summed E-state index contributed by atoms with van der Waals surface area (Å²) in [7, 11) is 1.65. The van der Waals surface area contributed by atoms with E-state index in [0.717, 1.165) is 6.54 Å². The van der Waals surface area contributed by atoms with Crippen LogP contribution in [0.15, 0.2) is 0 Å². The SMILES string of the molecule is CNC(=N)NC(=N)NCC1CCCC1. The first kappa shape index (κ1) is 10.8. The smallest absolute Gasteiger partial charge is 0.195 e. The van der Waals surface area contributed by atoms with Crippen LogP contribution in [0, 0.1) is 16.7 Å². The van der Waals surface area contributed by atoms with Crippen molar-refractivity contribution in [3.05, 3.63) is 0 Å². The molecule has 0 saturated heterocycles. The largest absolute Gasteiger partial charge is 0.359 e. The van der Waals surface area contributed by atoms with Crippen molar-refractivity contribution < 1.29 is 0 Å². The Morgan fingerprint density at radius 3 is 2.43 bits per heavy atom. The maximum Gasteiger partial charge on any atom is 0.195 e. The Balaban J connectivity index is 2.11. The summed E-state index contributed by atoms with van der Waals surface area (Å²) in [5.74, 6) is 1.06. The van der Waals surface area contributed by atoms with Gasteiger partial charge in [0, 0.05) is 13.6 Å². The third kappa shape index (κ3) is 3.64. The Labute approximate surface area is 84.7 Å². The van der Waals surface area contributed by atoms with Crippen molar-refractivity contribution in [2.45, 2.75) is 25.7 Å². The molecule has 80 valence electrons. The molecule has 1 saturated carbocycles. The molecule has 0 spiro atoms. The fraction of sp³-hybridized carbons (Fsp3) is 0.778. The van der Waals surface area contributed by atoms with E-state index in [0.29, 0.717) is 5.92 Å². The molecule has 0 bridgehead atoms. The number of hydrogen-bond acceptors (Lipinski definition) is 2. The van der Waals surface area contributed by atoms with Gasteiger partial charge < -0.3 is 10.6 Å². The van der Waals surface area contributed by atoms with E-state index in [2.05, 4.69) is 16.0 Å². The monoisotopic (exact) mass is 197 g/mol. The Morgan fingerprint density at radius 2 is 1.86 bits per heavy atom. The zero-order chi connectivity index (χ0) is 10.4. The number of hydrogen-bond donors (Lipinski definition) is 5. The molecule has 0 heterocycles. The first-order valence-corrected chi connectivity index (χ1v) is 5.08. The predicted molar refractivity (Wildman–Crippen MR) is 57.6 cm³/mol. The van der Waals surface area contributed by atoms with Crippen LogP contribution in [0.2, 0.25) is 0 Å². The summed E-state index contributed by atoms with van der Waals surface area (Å²) in [6, 6.07) is 0. The molecule has 1 aliphatic carbocycles. The van der Waals surface area contributed by atoms with Gasteiger partial charge in [-0.2, -0.15) is 0 Å². The van der Waals surface area contributed by atoms with Gasteiger partial charge in [-0.15, -0.1) is 0 Å². The average Bonchev–Trinajstić information content (AvgIpc) is 2.67. The molecule has 0 aliphatic heterocycles. The summed E-state index contributed by atoms with van der Waals surface area (Å²) in [6.45, 7) is 0.850. The van der Waals surface area contributed by atoms with Gasteiger partial charge in [-0.3, -0.25) is 16.1 Å². The minimum Gasteiger partial charge on any atom is -0.359 e. The van der Waals surface area contributed by atoms with Crippen LogP contribution in [0.4, 0.5) is 0 Å². The van der Waals surface area contributed by atoms with Crippen molar-refractivity contribution in [3.8, 4) is 0 Å². The van der Waals surface area contributed by atoms with Crippen molar-refractivity contribution in [2.24, 2.45) is 5.92 Å². The van der Waals surface area contributed by atoms with Gasteiger partial charge >= 0.3 is 0 Å². The van der Waals surface area contributed by atoms with E-state index in [4.69, 9.17) is 10.8 Å². The quantitative estimate of drug-likeness (QED) is 0.329. The second kappa shape index (κ2) is 5.47. The molecule has 14 heavy (non-hydrogen) atoms. The number of nitrogens with one attached hydrogen (secondary N) is 5. The highest BCUT2D eigenvalue weighted by atomic mass is 15.2. The molecule has 0 aromatic carbocycles. The summed E-state index contributed by atoms with van der Waals surface area (Å²) in [5, 5.41) is 22.9. The molecule has 0 unspecified atom stereocenters. The van der Waals surface area contributed by atoms with Crippen LogP contribution in [-0.2, 0) is 0 Å². The average molecular weight is 197 g/mol. The van der Waals surface area contributed by atoms with Crippen LogP contribution in [0.25, 0.3) is 0 Å². The zero-order valence-corrected chi connectivity index (χ0v) is 8.61. The fourth-order valence-corrected chi connectivity index (χ4v) is 1.69. The third-order valence-corrected chi connectivity index (χ3v) is 2.54. The van der Waals surface area contributed by atoms with Crippen LogP contribution < -0.4 is 16.0 Å². The highest BCUT2D eigenvalue weighted by Crippen LogP contribution is 2.23. The zero-order valence-electron chi connectivity index (χ0n) is 8.61. The molecule has 1 rings (SSSR count). The molecule has 0 aromatic rings. The molecule has 1 fully saturated rings. The molecule has 5 heteroatoms. The van der Waals surface area contributed by atoms with E-state index in [1.807, 2.05) is 0 Å². The lowest BCUT2D eigenvalue weighted by molar-refractivity contribution is 0.533. The van der Waals surface area contributed by atoms with E-state index in [1.54, 1.807) is 7.05 Å². The Kier molecular flexibility index (Phi) is 4.22. The minimum atomic E-state index is 0.147. The number of rotatable bonds is 2. The van der Waals surface area contributed by atoms with E-state index < -0.39 is 0 Å². The highest BCUT2D eigenvalue weighted by Gasteiger charge is 2.14. The summed E-state index contributed by atoms with van der Waals surface area (Å²) in [4.78, 5) is 0. The van der Waals surface area contributed by atoms with Gasteiger partial charge in [0.05, 0.1) is 0 Å². The summed E-state index contributed by atoms with van der Waals surface area (Å²) in [6.07, 6.45) is 5.17. The predicted octanol–water partition coefficient (Wildman–Crippen LogP) is 0.445. The van der Waals surface area contributed by atoms with Gasteiger partial charge in [0.2, 0.25) is 0 Å². The Hall–Kier alpha value is -1.26. The first-order chi connectivity index (χ1) is 6.72. The third-order valence-electron chi connectivity index (χ3n) is 2.54. The van der Waals surface area contributed by atoms with Gasteiger partial charge in [0.15, 0.2) is 11.9 Å². The molecule has 0 aromatic heterocycles. The second-order valence-electron chi connectivity index (χ2n) is 3.66. The lowest BCUT2D eigenvalue weighted by Gasteiger charge is -2.13. The minimum absolute atomic E-state index is 0.147. The van der Waals surface area contributed by atoms with Crippen molar-refractivity contribution in [3.63, 3.8) is 0 Å². The van der Waals surface area contributed by atoms with Gasteiger partial charge in [-0.1, -0.05) is 12.8 Å². The summed E-state index contributed by atoms with van der Waals surface area (Å²) in [5.41, 5.74) is 0. The maximum atomic E-state index is 7.48. The lowest BCUT2D eigenvalue weighted by atomic mass is 10.1. The van der Waals surface area contributed by atoms with E-state index in [9.17, 15) is 0 Å². The van der Waals surface area contributed by atoms with E-state index in [-0.39, 0.29) is 11.9 Å². The van der Waals surface area contributed by atoms with Crippen molar-refractivity contribution in [1.82, 2.24) is 16.0 Å². The molecular formula is C9H19N5. The molecular weight excluding hydrogens is 178 g/mol. The molecule has 1 aliphatic rings. The fourth-order valence-electron chi connectivity index (χ4n) is 1.69. The highest BCUT2D eigenvalue weighted by molar-refractivity contribution is 5.95. The van der Waals surface area contributed by atoms with Crippen LogP contribution in [0.1, 0.15) is 25.7 Å². The van der Waals surface area contributed by atoms with Gasteiger partial charge in [-0.25, -0.2) is 0 Å². The van der Waals surface area contributed by atoms with Crippen LogP contribution >= 0.6 is 0 Å². The summed E-state index contributed by atoms with van der Waals surface area (Å²) < 4.78 is 0. The molecule has 0 amide bonds. The standard InChI is InChI=1S/C9H19N5/c1-12-8(10)14-9(11)13-6-7-4-2-3-5-7/h7H,2-6H2,1H3,(H5,10,11,12,13,14). The normalized spacial score (nSPS) is 16.4. The topological polar surface area (TPSA) is 83.8 Å². The van der Waals surface area contributed by atoms with Crippen molar-refractivity contribution in [1.29, 1.82) is 10.8 Å². The van der Waals surface area contributed by atoms with E-state index in [1.165, 1.54) is 25.7 Å². The van der Waals surface area contributed by atoms with Gasteiger partial charge in [-0.05, 0) is 18.8 Å². The van der Waals surface area contributed by atoms with Gasteiger partial charge in [0.25, 0.3) is 0 Å². The van der Waals surface area contributed by atoms with Crippen molar-refractivity contribution in [2.75, 3.05) is 13.6 Å². The van der Waals surface area contributed by atoms with Crippen LogP contribution in [-0.4, -0.2) is 25.5 Å². The second-order valence-corrected chi connectivity index (χ2v) is 3.66. The summed E-state index contributed by atoms with van der Waals surface area (Å²) >= 11 is 0. The molecule has 0 radical (unpaired) electrons. The number of guanidine groups is 2. The molecule has 5 nitrogen and oxygen atoms in total. The Morgan fingerprint density at radius 1 is 1.21 bits per heavy atom. The molecule has 0 atom stereocenters. The van der Waals surface area contributed by atoms with E-state index >= 15 is 0 Å². The first-order valence-electron chi connectivity index (χ1n) is 5.08.